The fourth-order valence-electron chi connectivity index (χ4n) is 5.13. The van der Waals surface area contributed by atoms with Crippen LogP contribution in [0, 0.1) is 23.7 Å². The number of rotatable bonds is 4. The highest BCUT2D eigenvalue weighted by atomic mass is 32.1. The van der Waals surface area contributed by atoms with Crippen LogP contribution >= 0.6 is 11.3 Å². The molecule has 3 heterocycles. The van der Waals surface area contributed by atoms with Gasteiger partial charge < -0.3 is 4.90 Å². The van der Waals surface area contributed by atoms with E-state index in [1.54, 1.807) is 16.2 Å². The minimum Gasteiger partial charge on any atom is -0.339 e. The maximum Gasteiger partial charge on any atom is 0.242 e. The van der Waals surface area contributed by atoms with Crippen LogP contribution in [0.1, 0.15) is 11.3 Å². The van der Waals surface area contributed by atoms with Gasteiger partial charge in [-0.1, -0.05) is 18.2 Å². The van der Waals surface area contributed by atoms with Gasteiger partial charge in [0, 0.05) is 37.6 Å². The molecular formula is C20H23N3O3S. The summed E-state index contributed by atoms with van der Waals surface area (Å²) in [6, 6.07) is 4.19. The average molecular weight is 385 g/mol. The van der Waals surface area contributed by atoms with Crippen molar-refractivity contribution in [3.8, 4) is 0 Å². The summed E-state index contributed by atoms with van der Waals surface area (Å²) < 4.78 is 0. The lowest BCUT2D eigenvalue weighted by molar-refractivity contribution is -0.147. The minimum atomic E-state index is -0.219. The Morgan fingerprint density at radius 3 is 2.30 bits per heavy atom. The molecule has 4 aliphatic rings. The van der Waals surface area contributed by atoms with Crippen LogP contribution in [0.2, 0.25) is 0 Å². The normalized spacial score (nSPS) is 32.6. The molecule has 1 aromatic rings. The summed E-state index contributed by atoms with van der Waals surface area (Å²) in [6.45, 7) is 3.78. The van der Waals surface area contributed by atoms with Crippen molar-refractivity contribution in [1.82, 2.24) is 14.7 Å². The standard InChI is InChI=1S/C20H23N3O3S/c24-16(22-7-5-21(6-8-22)11-15-2-1-9-27-15)12-23-19(25)17-13-3-4-14(10-13)18(17)20(23)26/h1-4,9,13-14,17-18H,5-8,10-12H2. The number of piperazine rings is 1. The molecule has 0 radical (unpaired) electrons. The number of likely N-dealkylation sites (tertiary alicyclic amines) is 1. The third-order valence-corrected chi connectivity index (χ3v) is 7.40. The van der Waals surface area contributed by atoms with Gasteiger partial charge in [-0.05, 0) is 29.7 Å². The lowest BCUT2D eigenvalue weighted by Gasteiger charge is -2.35. The van der Waals surface area contributed by atoms with Crippen molar-refractivity contribution in [1.29, 1.82) is 0 Å². The highest BCUT2D eigenvalue weighted by Gasteiger charge is 2.59. The fraction of sp³-hybridized carbons (Fsp3) is 0.550. The van der Waals surface area contributed by atoms with Crippen molar-refractivity contribution >= 4 is 29.1 Å². The molecule has 4 atom stereocenters. The Balaban J connectivity index is 1.17. The number of amides is 3. The van der Waals surface area contributed by atoms with E-state index in [9.17, 15) is 14.4 Å². The topological polar surface area (TPSA) is 60.9 Å². The van der Waals surface area contributed by atoms with Gasteiger partial charge in [0.05, 0.1) is 11.8 Å². The number of imide groups is 1. The molecule has 3 amide bonds. The zero-order valence-corrected chi connectivity index (χ0v) is 15.9. The van der Waals surface area contributed by atoms with Gasteiger partial charge in [0.2, 0.25) is 17.7 Å². The highest BCUT2D eigenvalue weighted by molar-refractivity contribution is 7.09. The first-order valence-electron chi connectivity index (χ1n) is 9.68. The van der Waals surface area contributed by atoms with E-state index < -0.39 is 0 Å². The molecule has 1 aromatic heterocycles. The van der Waals surface area contributed by atoms with Gasteiger partial charge in [0.1, 0.15) is 6.54 Å². The van der Waals surface area contributed by atoms with Crippen molar-refractivity contribution in [3.05, 3.63) is 34.5 Å². The molecule has 0 N–H and O–H groups in total. The van der Waals surface area contributed by atoms with Crippen LogP contribution in [-0.4, -0.2) is 65.1 Å². The van der Waals surface area contributed by atoms with E-state index in [0.29, 0.717) is 13.1 Å². The van der Waals surface area contributed by atoms with Crippen molar-refractivity contribution < 1.29 is 14.4 Å². The molecule has 6 nitrogen and oxygen atoms in total. The van der Waals surface area contributed by atoms with E-state index in [0.717, 1.165) is 26.1 Å². The Labute approximate surface area is 162 Å². The summed E-state index contributed by atoms with van der Waals surface area (Å²) in [5.41, 5.74) is 0. The molecular weight excluding hydrogens is 362 g/mol. The number of fused-ring (bicyclic) bond motifs is 5. The van der Waals surface area contributed by atoms with E-state index in [4.69, 9.17) is 0 Å². The summed E-state index contributed by atoms with van der Waals surface area (Å²) in [4.78, 5) is 44.9. The van der Waals surface area contributed by atoms with Crippen LogP contribution in [0.15, 0.2) is 29.7 Å². The van der Waals surface area contributed by atoms with Crippen LogP contribution < -0.4 is 0 Å². The number of hydrogen-bond donors (Lipinski definition) is 0. The zero-order valence-electron chi connectivity index (χ0n) is 15.1. The van der Waals surface area contributed by atoms with Gasteiger partial charge in [-0.15, -0.1) is 11.3 Å². The van der Waals surface area contributed by atoms with Gasteiger partial charge in [-0.2, -0.15) is 0 Å². The maximum absolute atomic E-state index is 12.7. The number of nitrogens with zero attached hydrogens (tertiary/aromatic N) is 3. The first-order valence-corrected chi connectivity index (χ1v) is 10.6. The summed E-state index contributed by atoms with van der Waals surface area (Å²) in [5.74, 6) is -0.425. The van der Waals surface area contributed by atoms with Crippen molar-refractivity contribution in [2.24, 2.45) is 23.7 Å². The number of carbonyl (C=O) groups excluding carboxylic acids is 3. The van der Waals surface area contributed by atoms with Crippen molar-refractivity contribution in [2.75, 3.05) is 32.7 Å². The fourth-order valence-corrected chi connectivity index (χ4v) is 5.88. The van der Waals surface area contributed by atoms with Gasteiger partial charge in [0.25, 0.3) is 0 Å². The van der Waals surface area contributed by atoms with Crippen LogP contribution in [0.4, 0.5) is 0 Å². The molecule has 3 fully saturated rings. The molecule has 7 heteroatoms. The molecule has 5 rings (SSSR count). The monoisotopic (exact) mass is 385 g/mol. The molecule has 2 aliphatic carbocycles. The van der Waals surface area contributed by atoms with Crippen molar-refractivity contribution in [2.45, 2.75) is 13.0 Å². The average Bonchev–Trinajstić information content (AvgIpc) is 3.45. The largest absolute Gasteiger partial charge is 0.339 e. The summed E-state index contributed by atoms with van der Waals surface area (Å²) in [6.07, 6.45) is 5.07. The highest BCUT2D eigenvalue weighted by Crippen LogP contribution is 2.52. The molecule has 2 saturated heterocycles. The Kier molecular flexibility index (Phi) is 4.16. The minimum absolute atomic E-state index is 0.0883. The lowest BCUT2D eigenvalue weighted by atomic mass is 9.85. The zero-order chi connectivity index (χ0) is 18.5. The van der Waals surface area contributed by atoms with Crippen LogP contribution in [0.25, 0.3) is 0 Å². The number of carbonyl (C=O) groups is 3. The maximum atomic E-state index is 12.7. The van der Waals surface area contributed by atoms with E-state index in [1.807, 2.05) is 0 Å². The molecule has 0 aromatic carbocycles. The molecule has 27 heavy (non-hydrogen) atoms. The Bertz CT molecular complexity index is 767. The van der Waals surface area contributed by atoms with Crippen molar-refractivity contribution in [3.63, 3.8) is 0 Å². The van der Waals surface area contributed by atoms with Gasteiger partial charge in [0.15, 0.2) is 0 Å². The third-order valence-electron chi connectivity index (χ3n) is 6.54. The second-order valence-corrected chi connectivity index (χ2v) is 9.03. The van der Waals surface area contributed by atoms with Gasteiger partial charge in [-0.25, -0.2) is 0 Å². The predicted octanol–water partition coefficient (Wildman–Crippen LogP) is 1.20. The Morgan fingerprint density at radius 2 is 1.70 bits per heavy atom. The molecule has 1 saturated carbocycles. The van der Waals surface area contributed by atoms with E-state index in [2.05, 4.69) is 34.6 Å². The summed E-state index contributed by atoms with van der Waals surface area (Å²) >= 11 is 1.75. The summed E-state index contributed by atoms with van der Waals surface area (Å²) in [7, 11) is 0. The van der Waals surface area contributed by atoms with Crippen LogP contribution in [-0.2, 0) is 20.9 Å². The Hall–Kier alpha value is -1.99. The van der Waals surface area contributed by atoms with E-state index in [1.165, 1.54) is 9.78 Å². The van der Waals surface area contributed by atoms with E-state index >= 15 is 0 Å². The second-order valence-electron chi connectivity index (χ2n) is 8.00. The molecule has 0 spiro atoms. The quantitative estimate of drug-likeness (QED) is 0.577. The van der Waals surface area contributed by atoms with Crippen LogP contribution in [0.5, 0.6) is 0 Å². The van der Waals surface area contributed by atoms with Crippen LogP contribution in [0.3, 0.4) is 0 Å². The predicted molar refractivity (Wildman–Crippen MR) is 101 cm³/mol. The smallest absolute Gasteiger partial charge is 0.242 e. The molecule has 2 bridgehead atoms. The second kappa shape index (κ2) is 6.56. The lowest BCUT2D eigenvalue weighted by Crippen LogP contribution is -2.51. The molecule has 4 unspecified atom stereocenters. The van der Waals surface area contributed by atoms with Gasteiger partial charge in [-0.3, -0.25) is 24.2 Å². The van der Waals surface area contributed by atoms with Gasteiger partial charge >= 0.3 is 0 Å². The molecule has 142 valence electrons. The first kappa shape index (κ1) is 17.1. The Morgan fingerprint density at radius 1 is 1.04 bits per heavy atom. The number of allylic oxidation sites excluding steroid dienone is 2. The number of thiophene rings is 1. The summed E-state index contributed by atoms with van der Waals surface area (Å²) in [5, 5.41) is 2.08. The third kappa shape index (κ3) is 2.84. The SMILES string of the molecule is O=C(CN1C(=O)C2C3C=CC(C3)C2C1=O)N1CCN(Cc2cccs2)CC1. The van der Waals surface area contributed by atoms with E-state index in [-0.39, 0.29) is 47.9 Å². The first-order chi connectivity index (χ1) is 13.1. The molecule has 2 aliphatic heterocycles. The number of hydrogen-bond acceptors (Lipinski definition) is 5.